The summed E-state index contributed by atoms with van der Waals surface area (Å²) in [7, 11) is 3.79. The standard InChI is InChI=1S/C20H26N4OS2/c1-5-12-10-13(20(27-12)26-6-2)17-14(11-21)19(22)24(23(3)4)15-8-7-9-16(25)18(15)17/h10,17H,5-9,22H2,1-4H3/t17-/m0/s1. The second kappa shape index (κ2) is 8.09. The molecule has 0 aromatic carbocycles. The van der Waals surface area contributed by atoms with E-state index in [0.29, 0.717) is 17.8 Å². The first-order valence-corrected chi connectivity index (χ1v) is 11.1. The number of thiophene rings is 1. The van der Waals surface area contributed by atoms with E-state index < -0.39 is 0 Å². The van der Waals surface area contributed by atoms with Crippen molar-refractivity contribution in [2.45, 2.75) is 49.7 Å². The van der Waals surface area contributed by atoms with Gasteiger partial charge in [0.25, 0.3) is 0 Å². The van der Waals surface area contributed by atoms with Crippen LogP contribution in [0, 0.1) is 11.3 Å². The average Bonchev–Trinajstić information content (AvgIpc) is 3.03. The highest BCUT2D eigenvalue weighted by Crippen LogP contribution is 2.49. The molecule has 2 heterocycles. The van der Waals surface area contributed by atoms with Gasteiger partial charge in [0.2, 0.25) is 0 Å². The van der Waals surface area contributed by atoms with Crippen LogP contribution in [0.1, 0.15) is 49.5 Å². The Labute approximate surface area is 169 Å². The van der Waals surface area contributed by atoms with Gasteiger partial charge in [0, 0.05) is 36.7 Å². The first kappa shape index (κ1) is 20.0. The molecule has 0 spiro atoms. The number of carbonyl (C=O) groups excluding carboxylic acids is 1. The number of ketones is 1. The van der Waals surface area contributed by atoms with Gasteiger partial charge in [-0.3, -0.25) is 9.80 Å². The molecule has 2 N–H and O–H groups in total. The topological polar surface area (TPSA) is 73.4 Å². The lowest BCUT2D eigenvalue weighted by Crippen LogP contribution is -2.45. The number of nitrogens with zero attached hydrogens (tertiary/aromatic N) is 3. The Morgan fingerprint density at radius 2 is 2.15 bits per heavy atom. The maximum Gasteiger partial charge on any atom is 0.161 e. The summed E-state index contributed by atoms with van der Waals surface area (Å²) in [5.41, 5.74) is 9.74. The molecule has 0 unspecified atom stereocenters. The number of hydrogen-bond acceptors (Lipinski definition) is 7. The molecule has 144 valence electrons. The molecule has 0 saturated carbocycles. The number of aryl methyl sites for hydroxylation is 1. The zero-order chi connectivity index (χ0) is 19.7. The largest absolute Gasteiger partial charge is 0.383 e. The first-order chi connectivity index (χ1) is 12.9. The van der Waals surface area contributed by atoms with Crippen LogP contribution in [0.15, 0.2) is 32.9 Å². The Balaban J connectivity index is 2.27. The van der Waals surface area contributed by atoms with Gasteiger partial charge in [-0.1, -0.05) is 13.8 Å². The third-order valence-electron chi connectivity index (χ3n) is 5.00. The molecular weight excluding hydrogens is 376 g/mol. The highest BCUT2D eigenvalue weighted by atomic mass is 32.2. The van der Waals surface area contributed by atoms with E-state index >= 15 is 0 Å². The minimum absolute atomic E-state index is 0.144. The van der Waals surface area contributed by atoms with Crippen molar-refractivity contribution in [2.75, 3.05) is 19.8 Å². The van der Waals surface area contributed by atoms with E-state index in [0.717, 1.165) is 41.8 Å². The van der Waals surface area contributed by atoms with E-state index in [9.17, 15) is 10.1 Å². The van der Waals surface area contributed by atoms with E-state index in [1.807, 2.05) is 24.1 Å². The Kier molecular flexibility index (Phi) is 5.99. The van der Waals surface area contributed by atoms with Crippen molar-refractivity contribution in [3.8, 4) is 6.07 Å². The minimum atomic E-state index is -0.348. The van der Waals surface area contributed by atoms with Crippen molar-refractivity contribution >= 4 is 28.9 Å². The van der Waals surface area contributed by atoms with Crippen LogP contribution >= 0.6 is 23.1 Å². The van der Waals surface area contributed by atoms with Crippen LogP contribution in [-0.4, -0.2) is 35.6 Å². The van der Waals surface area contributed by atoms with Gasteiger partial charge >= 0.3 is 0 Å². The Bertz CT molecular complexity index is 860. The quantitative estimate of drug-likeness (QED) is 0.751. The van der Waals surface area contributed by atoms with Gasteiger partial charge in [-0.05, 0) is 36.6 Å². The zero-order valence-corrected chi connectivity index (χ0v) is 18.0. The molecule has 5 nitrogen and oxygen atoms in total. The summed E-state index contributed by atoms with van der Waals surface area (Å²) < 4.78 is 1.20. The summed E-state index contributed by atoms with van der Waals surface area (Å²) in [4.78, 5) is 14.3. The molecule has 7 heteroatoms. The third kappa shape index (κ3) is 3.42. The predicted octanol–water partition coefficient (Wildman–Crippen LogP) is 4.00. The highest BCUT2D eigenvalue weighted by molar-refractivity contribution is 8.01. The summed E-state index contributed by atoms with van der Waals surface area (Å²) in [6.07, 6.45) is 3.11. The highest BCUT2D eigenvalue weighted by Gasteiger charge is 2.41. The van der Waals surface area contributed by atoms with Gasteiger partial charge in [-0.25, -0.2) is 5.01 Å². The maximum atomic E-state index is 13.0. The average molecular weight is 403 g/mol. The lowest BCUT2D eigenvalue weighted by atomic mass is 9.76. The molecule has 0 radical (unpaired) electrons. The lowest BCUT2D eigenvalue weighted by molar-refractivity contribution is -0.116. The third-order valence-corrected chi connectivity index (χ3v) is 7.48. The predicted molar refractivity (Wildman–Crippen MR) is 111 cm³/mol. The maximum absolute atomic E-state index is 13.0. The minimum Gasteiger partial charge on any atom is -0.383 e. The summed E-state index contributed by atoms with van der Waals surface area (Å²) in [6, 6.07) is 4.51. The Morgan fingerprint density at radius 3 is 2.74 bits per heavy atom. The number of hydrazine groups is 1. The molecule has 1 aromatic heterocycles. The molecule has 1 aliphatic heterocycles. The number of nitriles is 1. The van der Waals surface area contributed by atoms with Crippen molar-refractivity contribution in [2.24, 2.45) is 5.73 Å². The van der Waals surface area contributed by atoms with Crippen molar-refractivity contribution in [3.05, 3.63) is 39.2 Å². The first-order valence-electron chi connectivity index (χ1n) is 9.33. The molecule has 2 aliphatic rings. The van der Waals surface area contributed by atoms with Crippen LogP contribution < -0.4 is 5.73 Å². The van der Waals surface area contributed by atoms with Crippen LogP contribution in [0.4, 0.5) is 0 Å². The molecule has 27 heavy (non-hydrogen) atoms. The molecule has 1 aliphatic carbocycles. The fourth-order valence-electron chi connectivity index (χ4n) is 3.89. The van der Waals surface area contributed by atoms with Crippen LogP contribution in [0.3, 0.4) is 0 Å². The van der Waals surface area contributed by atoms with Gasteiger partial charge in [-0.2, -0.15) is 5.26 Å². The number of Topliss-reactive ketones (excluding diaryl/α,β-unsaturated/α-hetero) is 1. The number of thioether (sulfide) groups is 1. The fraction of sp³-hybridized carbons (Fsp3) is 0.500. The number of carbonyl (C=O) groups is 1. The molecule has 0 bridgehead atoms. The summed E-state index contributed by atoms with van der Waals surface area (Å²) in [5, 5.41) is 13.7. The van der Waals surface area contributed by atoms with E-state index in [-0.39, 0.29) is 11.7 Å². The molecule has 0 amide bonds. The normalized spacial score (nSPS) is 20.4. The number of hydrogen-bond donors (Lipinski definition) is 1. The lowest BCUT2D eigenvalue weighted by Gasteiger charge is -2.42. The van der Waals surface area contributed by atoms with Gasteiger partial charge in [-0.15, -0.1) is 23.1 Å². The van der Waals surface area contributed by atoms with Gasteiger partial charge in [0.1, 0.15) is 5.82 Å². The number of nitrogens with two attached hydrogens (primary N) is 1. The number of rotatable bonds is 5. The molecule has 0 saturated heterocycles. The second-order valence-electron chi connectivity index (χ2n) is 6.88. The van der Waals surface area contributed by atoms with Gasteiger partial charge in [0.15, 0.2) is 5.78 Å². The molecular formula is C20H26N4OS2. The van der Waals surface area contributed by atoms with Crippen molar-refractivity contribution in [1.82, 2.24) is 10.0 Å². The van der Waals surface area contributed by atoms with Crippen LogP contribution in [-0.2, 0) is 11.2 Å². The van der Waals surface area contributed by atoms with Crippen molar-refractivity contribution < 1.29 is 4.79 Å². The summed E-state index contributed by atoms with van der Waals surface area (Å²) in [6.45, 7) is 4.26. The van der Waals surface area contributed by atoms with Crippen molar-refractivity contribution in [1.29, 1.82) is 5.26 Å². The van der Waals surface area contributed by atoms with Crippen LogP contribution in [0.25, 0.3) is 0 Å². The SMILES string of the molecule is CCSc1sc(CC)cc1[C@H]1C(C#N)=C(N)N(N(C)C)C2=C1C(=O)CCC2. The van der Waals surface area contributed by atoms with E-state index in [1.165, 1.54) is 9.09 Å². The monoisotopic (exact) mass is 402 g/mol. The van der Waals surface area contributed by atoms with Crippen molar-refractivity contribution in [3.63, 3.8) is 0 Å². The fourth-order valence-corrected chi connectivity index (χ4v) is 6.27. The summed E-state index contributed by atoms with van der Waals surface area (Å²) >= 11 is 3.55. The van der Waals surface area contributed by atoms with Gasteiger partial charge in [0.05, 0.1) is 21.8 Å². The molecule has 0 fully saturated rings. The number of allylic oxidation sites excluding steroid dienone is 3. The smallest absolute Gasteiger partial charge is 0.161 e. The second-order valence-corrected chi connectivity index (χ2v) is 9.55. The van der Waals surface area contributed by atoms with Gasteiger partial charge < -0.3 is 5.73 Å². The molecule has 3 rings (SSSR count). The molecule has 1 atom stereocenters. The van der Waals surface area contributed by atoms with E-state index in [1.54, 1.807) is 23.1 Å². The van der Waals surface area contributed by atoms with E-state index in [2.05, 4.69) is 26.0 Å². The van der Waals surface area contributed by atoms with E-state index in [4.69, 9.17) is 5.73 Å². The van der Waals surface area contributed by atoms with Crippen LogP contribution in [0.2, 0.25) is 0 Å². The zero-order valence-electron chi connectivity index (χ0n) is 16.3. The summed E-state index contributed by atoms with van der Waals surface area (Å²) in [5.74, 6) is 1.19. The Hall–Kier alpha value is -1.75. The Morgan fingerprint density at radius 1 is 1.41 bits per heavy atom. The van der Waals surface area contributed by atoms with Crippen LogP contribution in [0.5, 0.6) is 0 Å². The molecule has 1 aromatic rings.